The molecule has 0 amide bonds. The lowest BCUT2D eigenvalue weighted by atomic mass is 10.2. The van der Waals surface area contributed by atoms with Crippen molar-refractivity contribution in [1.29, 1.82) is 0 Å². The minimum Gasteiger partial charge on any atom is -0.348 e. The first-order chi connectivity index (χ1) is 5.08. The second kappa shape index (κ2) is 2.17. The van der Waals surface area contributed by atoms with Crippen molar-refractivity contribution in [3.05, 3.63) is 0 Å². The van der Waals surface area contributed by atoms with Gasteiger partial charge in [-0.25, -0.2) is 0 Å². The third kappa shape index (κ3) is 1.16. The van der Waals surface area contributed by atoms with E-state index in [1.54, 1.807) is 0 Å². The van der Waals surface area contributed by atoms with Gasteiger partial charge in [0.05, 0.1) is 12.6 Å². The lowest BCUT2D eigenvalue weighted by Crippen LogP contribution is -2.36. The van der Waals surface area contributed by atoms with E-state index in [1.165, 1.54) is 0 Å². The molecule has 0 radical (unpaired) electrons. The Balaban J connectivity index is 2.10. The van der Waals surface area contributed by atoms with Gasteiger partial charge < -0.3 is 19.9 Å². The van der Waals surface area contributed by atoms with Gasteiger partial charge in [0.2, 0.25) is 0 Å². The van der Waals surface area contributed by atoms with E-state index in [9.17, 15) is 0 Å². The Morgan fingerprint density at radius 3 is 2.73 bits per heavy atom. The first-order valence-electron chi connectivity index (χ1n) is 3.81. The molecule has 0 aliphatic carbocycles. The van der Waals surface area contributed by atoms with Crippen LogP contribution in [-0.4, -0.2) is 30.8 Å². The molecule has 4 heteroatoms. The molecule has 64 valence electrons. The maximum atomic E-state index is 5.71. The standard InChI is InChI=1S/C7H13NO3/c1-7(2)10-5-4(8)3-9-6(5)11-7/h4-6H,3,8H2,1-2H3/t4-,5+,6+/m1/s1. The molecule has 2 rings (SSSR count). The molecular weight excluding hydrogens is 146 g/mol. The van der Waals surface area contributed by atoms with E-state index in [-0.39, 0.29) is 18.4 Å². The van der Waals surface area contributed by atoms with Crippen LogP contribution >= 0.6 is 0 Å². The maximum absolute atomic E-state index is 5.71. The summed E-state index contributed by atoms with van der Waals surface area (Å²) in [5.74, 6) is -0.534. The van der Waals surface area contributed by atoms with Crippen LogP contribution in [0, 0.1) is 0 Å². The molecule has 2 saturated heterocycles. The van der Waals surface area contributed by atoms with E-state index in [4.69, 9.17) is 19.9 Å². The van der Waals surface area contributed by atoms with Crippen molar-refractivity contribution in [2.75, 3.05) is 6.61 Å². The maximum Gasteiger partial charge on any atom is 0.188 e. The highest BCUT2D eigenvalue weighted by Gasteiger charge is 2.48. The lowest BCUT2D eigenvalue weighted by molar-refractivity contribution is -0.193. The third-order valence-electron chi connectivity index (χ3n) is 1.96. The van der Waals surface area contributed by atoms with E-state index in [0.717, 1.165) is 0 Å². The summed E-state index contributed by atoms with van der Waals surface area (Å²) in [5.41, 5.74) is 5.71. The van der Waals surface area contributed by atoms with E-state index < -0.39 is 5.79 Å². The topological polar surface area (TPSA) is 53.7 Å². The fraction of sp³-hybridized carbons (Fsp3) is 1.00. The highest BCUT2D eigenvalue weighted by Crippen LogP contribution is 2.33. The second-order valence-electron chi connectivity index (χ2n) is 3.47. The smallest absolute Gasteiger partial charge is 0.188 e. The van der Waals surface area contributed by atoms with Crippen LogP contribution in [0.15, 0.2) is 0 Å². The van der Waals surface area contributed by atoms with Crippen LogP contribution in [0.1, 0.15) is 13.8 Å². The number of fused-ring (bicyclic) bond motifs is 1. The molecule has 2 heterocycles. The van der Waals surface area contributed by atoms with Crippen molar-refractivity contribution < 1.29 is 14.2 Å². The van der Waals surface area contributed by atoms with Crippen LogP contribution in [-0.2, 0) is 14.2 Å². The van der Waals surface area contributed by atoms with Gasteiger partial charge in [0.1, 0.15) is 6.10 Å². The molecule has 0 unspecified atom stereocenters. The lowest BCUT2D eigenvalue weighted by Gasteiger charge is -2.18. The first-order valence-corrected chi connectivity index (χ1v) is 3.81. The molecule has 11 heavy (non-hydrogen) atoms. The van der Waals surface area contributed by atoms with E-state index in [1.807, 2.05) is 13.8 Å². The van der Waals surface area contributed by atoms with Gasteiger partial charge in [-0.3, -0.25) is 0 Å². The fourth-order valence-corrected chi connectivity index (χ4v) is 1.48. The molecule has 2 aliphatic heterocycles. The molecule has 0 aromatic carbocycles. The number of hydrogen-bond acceptors (Lipinski definition) is 4. The minimum absolute atomic E-state index is 0.0400. The summed E-state index contributed by atoms with van der Waals surface area (Å²) in [5, 5.41) is 0. The van der Waals surface area contributed by atoms with Gasteiger partial charge in [0.15, 0.2) is 12.1 Å². The zero-order valence-corrected chi connectivity index (χ0v) is 6.74. The van der Waals surface area contributed by atoms with Gasteiger partial charge >= 0.3 is 0 Å². The summed E-state index contributed by atoms with van der Waals surface area (Å²) in [6.45, 7) is 4.26. The number of ether oxygens (including phenoxy) is 3. The summed E-state index contributed by atoms with van der Waals surface area (Å²) in [7, 11) is 0. The summed E-state index contributed by atoms with van der Waals surface area (Å²) in [4.78, 5) is 0. The highest BCUT2D eigenvalue weighted by molar-refractivity contribution is 4.88. The molecule has 0 bridgehead atoms. The van der Waals surface area contributed by atoms with Gasteiger partial charge in [0.25, 0.3) is 0 Å². The Labute approximate surface area is 65.6 Å². The van der Waals surface area contributed by atoms with Gasteiger partial charge in [-0.05, 0) is 13.8 Å². The summed E-state index contributed by atoms with van der Waals surface area (Å²) < 4.78 is 16.2. The van der Waals surface area contributed by atoms with Crippen molar-refractivity contribution in [2.24, 2.45) is 5.73 Å². The van der Waals surface area contributed by atoms with E-state index >= 15 is 0 Å². The van der Waals surface area contributed by atoms with Crippen LogP contribution in [0.3, 0.4) is 0 Å². The van der Waals surface area contributed by atoms with E-state index in [0.29, 0.717) is 6.61 Å². The minimum atomic E-state index is -0.534. The van der Waals surface area contributed by atoms with Gasteiger partial charge in [0, 0.05) is 0 Å². The predicted octanol–water partition coefficient (Wildman–Crippen LogP) is -0.179. The Hall–Kier alpha value is -0.160. The third-order valence-corrected chi connectivity index (χ3v) is 1.96. The van der Waals surface area contributed by atoms with Crippen molar-refractivity contribution in [2.45, 2.75) is 38.1 Å². The molecule has 0 spiro atoms. The first kappa shape index (κ1) is 7.49. The van der Waals surface area contributed by atoms with Crippen molar-refractivity contribution in [3.8, 4) is 0 Å². The molecule has 2 aliphatic rings. The van der Waals surface area contributed by atoms with Crippen LogP contribution in [0.5, 0.6) is 0 Å². The van der Waals surface area contributed by atoms with Gasteiger partial charge in [-0.1, -0.05) is 0 Å². The molecule has 0 aromatic rings. The number of rotatable bonds is 0. The Kier molecular flexibility index (Phi) is 1.47. The Bertz CT molecular complexity index is 171. The summed E-state index contributed by atoms with van der Waals surface area (Å²) in [6.07, 6.45) is -0.329. The predicted molar refractivity (Wildman–Crippen MR) is 37.8 cm³/mol. The molecular formula is C7H13NO3. The molecule has 4 nitrogen and oxygen atoms in total. The second-order valence-corrected chi connectivity index (χ2v) is 3.47. The van der Waals surface area contributed by atoms with Crippen LogP contribution in [0.2, 0.25) is 0 Å². The average Bonchev–Trinajstić information content (AvgIpc) is 2.31. The normalized spacial score (nSPS) is 47.7. The molecule has 0 aromatic heterocycles. The molecule has 0 saturated carbocycles. The van der Waals surface area contributed by atoms with E-state index in [2.05, 4.69) is 0 Å². The van der Waals surface area contributed by atoms with Crippen molar-refractivity contribution >= 4 is 0 Å². The van der Waals surface area contributed by atoms with Crippen LogP contribution in [0.4, 0.5) is 0 Å². The summed E-state index contributed by atoms with van der Waals surface area (Å²) >= 11 is 0. The largest absolute Gasteiger partial charge is 0.348 e. The van der Waals surface area contributed by atoms with Crippen molar-refractivity contribution in [3.63, 3.8) is 0 Å². The molecule has 2 fully saturated rings. The zero-order chi connectivity index (χ0) is 8.06. The molecule has 2 N–H and O–H groups in total. The summed E-state index contributed by atoms with van der Waals surface area (Å²) in [6, 6.07) is -0.0400. The fourth-order valence-electron chi connectivity index (χ4n) is 1.48. The van der Waals surface area contributed by atoms with Crippen molar-refractivity contribution in [1.82, 2.24) is 0 Å². The number of hydrogen-bond donors (Lipinski definition) is 1. The van der Waals surface area contributed by atoms with Gasteiger partial charge in [-0.2, -0.15) is 0 Å². The average molecular weight is 159 g/mol. The zero-order valence-electron chi connectivity index (χ0n) is 6.74. The Morgan fingerprint density at radius 2 is 2.09 bits per heavy atom. The Morgan fingerprint density at radius 1 is 1.36 bits per heavy atom. The molecule has 3 atom stereocenters. The van der Waals surface area contributed by atoms with Crippen LogP contribution in [0.25, 0.3) is 0 Å². The SMILES string of the molecule is CC1(C)O[C@@H]2OC[C@@H](N)[C@@H]2O1. The van der Waals surface area contributed by atoms with Gasteiger partial charge in [-0.15, -0.1) is 0 Å². The highest BCUT2D eigenvalue weighted by atomic mass is 16.8. The van der Waals surface area contributed by atoms with Crippen LogP contribution < -0.4 is 5.73 Å². The quantitative estimate of drug-likeness (QED) is 0.532. The monoisotopic (exact) mass is 159 g/mol. The number of nitrogens with two attached hydrogens (primary N) is 1.